The summed E-state index contributed by atoms with van der Waals surface area (Å²) in [5.41, 5.74) is 14.3. The monoisotopic (exact) mass is 736 g/mol. The molecule has 0 bridgehead atoms. The van der Waals surface area contributed by atoms with Crippen LogP contribution in [0.5, 0.6) is 0 Å². The lowest BCUT2D eigenvalue weighted by molar-refractivity contribution is 0.371. The normalized spacial score (nSPS) is 17.0. The highest BCUT2D eigenvalue weighted by Gasteiger charge is 2.34. The molecule has 1 aliphatic heterocycles. The fourth-order valence-corrected chi connectivity index (χ4v) is 9.69. The predicted octanol–water partition coefficient (Wildman–Crippen LogP) is 13.5. The minimum Gasteiger partial charge on any atom is -0.457 e. The molecule has 274 valence electrons. The zero-order valence-electron chi connectivity index (χ0n) is 31.5. The van der Waals surface area contributed by atoms with Crippen molar-refractivity contribution in [3.05, 3.63) is 187 Å². The van der Waals surface area contributed by atoms with E-state index in [0.717, 1.165) is 39.9 Å². The maximum absolute atomic E-state index is 6.57. The Labute approximate surface area is 330 Å². The van der Waals surface area contributed by atoms with Crippen LogP contribution in [0.3, 0.4) is 0 Å². The molecule has 2 atom stereocenters. The van der Waals surface area contributed by atoms with Crippen molar-refractivity contribution in [1.29, 1.82) is 0 Å². The van der Waals surface area contributed by atoms with E-state index in [-0.39, 0.29) is 12.3 Å². The zero-order valence-corrected chi connectivity index (χ0v) is 31.5. The quantitative estimate of drug-likeness (QED) is 0.185. The number of benzene rings is 7. The zero-order chi connectivity index (χ0) is 37.5. The van der Waals surface area contributed by atoms with Gasteiger partial charge in [-0.25, -0.2) is 0 Å². The van der Waals surface area contributed by atoms with Crippen molar-refractivity contribution in [1.82, 2.24) is 14.5 Å². The van der Waals surface area contributed by atoms with Crippen molar-refractivity contribution < 1.29 is 4.42 Å². The molecule has 0 spiro atoms. The van der Waals surface area contributed by atoms with Crippen molar-refractivity contribution in [2.75, 3.05) is 5.32 Å². The third kappa shape index (κ3) is 5.12. The Bertz CT molecular complexity index is 3220. The van der Waals surface area contributed by atoms with Crippen molar-refractivity contribution in [3.63, 3.8) is 0 Å². The van der Waals surface area contributed by atoms with Crippen molar-refractivity contribution in [2.24, 2.45) is 0 Å². The Kier molecular flexibility index (Phi) is 7.32. The minimum atomic E-state index is -0.248. The SMILES string of the molecule is C1=C(c2cccc(-n3c4ccccc4c4cc(-c5ccc6c7ccccc7n(C7Nc8c(oc9ccccc89)C(c8ccccc8)N7)c6c5)ccc43)c2)CCCC1. The maximum atomic E-state index is 6.57. The van der Waals surface area contributed by atoms with Gasteiger partial charge in [0.15, 0.2) is 6.29 Å². The Hall–Kier alpha value is -6.82. The smallest absolute Gasteiger partial charge is 0.160 e. The molecular formula is C52H40N4O. The van der Waals surface area contributed by atoms with Crippen LogP contribution in [-0.4, -0.2) is 9.13 Å². The number of nitrogens with zero attached hydrogens (tertiary/aromatic N) is 2. The van der Waals surface area contributed by atoms with E-state index in [1.54, 1.807) is 0 Å². The lowest BCUT2D eigenvalue weighted by Gasteiger charge is -2.34. The van der Waals surface area contributed by atoms with E-state index in [9.17, 15) is 0 Å². The van der Waals surface area contributed by atoms with Gasteiger partial charge in [-0.1, -0.05) is 115 Å². The largest absolute Gasteiger partial charge is 0.457 e. The number of para-hydroxylation sites is 3. The predicted molar refractivity (Wildman–Crippen MR) is 236 cm³/mol. The molecule has 2 unspecified atom stereocenters. The Morgan fingerprint density at radius 3 is 2.11 bits per heavy atom. The third-order valence-electron chi connectivity index (χ3n) is 12.4. The molecule has 0 amide bonds. The molecule has 57 heavy (non-hydrogen) atoms. The maximum Gasteiger partial charge on any atom is 0.160 e. The van der Waals surface area contributed by atoms with Gasteiger partial charge in [0.05, 0.1) is 33.8 Å². The first-order valence-electron chi connectivity index (χ1n) is 20.2. The van der Waals surface area contributed by atoms with Crippen molar-refractivity contribution >= 4 is 65.8 Å². The first-order valence-corrected chi connectivity index (χ1v) is 20.2. The number of hydrogen-bond acceptors (Lipinski definition) is 3. The fraction of sp³-hybridized carbons (Fsp3) is 0.115. The summed E-state index contributed by atoms with van der Waals surface area (Å²) in [4.78, 5) is 0. The Morgan fingerprint density at radius 2 is 1.25 bits per heavy atom. The number of allylic oxidation sites excluding steroid dienone is 2. The molecule has 4 heterocycles. The summed E-state index contributed by atoms with van der Waals surface area (Å²) in [6.45, 7) is 0. The van der Waals surface area contributed by atoms with Crippen LogP contribution in [0.25, 0.3) is 77.0 Å². The molecule has 5 heteroatoms. The Morgan fingerprint density at radius 1 is 0.526 bits per heavy atom. The van der Waals surface area contributed by atoms with E-state index >= 15 is 0 Å². The second kappa shape index (κ2) is 12.9. The summed E-state index contributed by atoms with van der Waals surface area (Å²) in [6, 6.07) is 59.5. The molecule has 5 nitrogen and oxygen atoms in total. The molecule has 3 aromatic heterocycles. The van der Waals surface area contributed by atoms with Gasteiger partial charge in [0.2, 0.25) is 0 Å². The van der Waals surface area contributed by atoms with Gasteiger partial charge in [0, 0.05) is 32.6 Å². The van der Waals surface area contributed by atoms with E-state index in [2.05, 4.69) is 184 Å². The van der Waals surface area contributed by atoms with E-state index in [4.69, 9.17) is 4.42 Å². The van der Waals surface area contributed by atoms with Crippen LogP contribution in [0.2, 0.25) is 0 Å². The van der Waals surface area contributed by atoms with Crippen molar-refractivity contribution in [2.45, 2.75) is 38.0 Å². The molecule has 1 aliphatic carbocycles. The molecule has 0 saturated heterocycles. The molecule has 7 aromatic carbocycles. The summed E-state index contributed by atoms with van der Waals surface area (Å²) in [6.07, 6.45) is 7.09. The van der Waals surface area contributed by atoms with Crippen LogP contribution in [-0.2, 0) is 0 Å². The van der Waals surface area contributed by atoms with Gasteiger partial charge >= 0.3 is 0 Å². The van der Waals surface area contributed by atoms with E-state index < -0.39 is 0 Å². The van der Waals surface area contributed by atoms with Gasteiger partial charge in [-0.05, 0) is 108 Å². The van der Waals surface area contributed by atoms with Gasteiger partial charge in [-0.2, -0.15) is 0 Å². The lowest BCUT2D eigenvalue weighted by atomic mass is 9.93. The molecule has 0 radical (unpaired) electrons. The number of nitrogens with one attached hydrogen (secondary N) is 2. The Balaban J connectivity index is 1.01. The van der Waals surface area contributed by atoms with Crippen LogP contribution >= 0.6 is 0 Å². The van der Waals surface area contributed by atoms with Crippen LogP contribution in [0.15, 0.2) is 174 Å². The van der Waals surface area contributed by atoms with Gasteiger partial charge in [-0.15, -0.1) is 0 Å². The number of fused-ring (bicyclic) bond motifs is 9. The van der Waals surface area contributed by atoms with Gasteiger partial charge in [-0.3, -0.25) is 5.32 Å². The van der Waals surface area contributed by atoms with E-state index in [1.165, 1.54) is 85.3 Å². The lowest BCUT2D eigenvalue weighted by Crippen LogP contribution is -2.40. The number of anilines is 1. The third-order valence-corrected chi connectivity index (χ3v) is 12.4. The second-order valence-electron chi connectivity index (χ2n) is 15.6. The summed E-state index contributed by atoms with van der Waals surface area (Å²) in [5.74, 6) is 0.908. The molecule has 0 fully saturated rings. The summed E-state index contributed by atoms with van der Waals surface area (Å²) in [7, 11) is 0. The summed E-state index contributed by atoms with van der Waals surface area (Å²) in [5, 5.41) is 13.9. The number of furan rings is 1. The highest BCUT2D eigenvalue weighted by Crippen LogP contribution is 2.45. The van der Waals surface area contributed by atoms with Crippen LogP contribution in [0, 0.1) is 0 Å². The average Bonchev–Trinajstić information content (AvgIpc) is 3.94. The van der Waals surface area contributed by atoms with Crippen molar-refractivity contribution in [3.8, 4) is 16.8 Å². The minimum absolute atomic E-state index is 0.140. The highest BCUT2D eigenvalue weighted by atomic mass is 16.3. The van der Waals surface area contributed by atoms with Gasteiger partial charge in [0.25, 0.3) is 0 Å². The van der Waals surface area contributed by atoms with Crippen LogP contribution < -0.4 is 10.6 Å². The molecule has 10 aromatic rings. The highest BCUT2D eigenvalue weighted by molar-refractivity contribution is 6.12. The van der Waals surface area contributed by atoms with Crippen LogP contribution in [0.4, 0.5) is 5.69 Å². The molecule has 2 N–H and O–H groups in total. The first kappa shape index (κ1) is 32.4. The molecular weight excluding hydrogens is 697 g/mol. The summed E-state index contributed by atoms with van der Waals surface area (Å²) < 4.78 is 11.4. The topological polar surface area (TPSA) is 47.1 Å². The molecule has 0 saturated carbocycles. The number of aromatic nitrogens is 2. The molecule has 12 rings (SSSR count). The fourth-order valence-electron chi connectivity index (χ4n) is 9.69. The van der Waals surface area contributed by atoms with Gasteiger partial charge in [0.1, 0.15) is 11.3 Å². The standard InChI is InChI=1S/C52H40N4O/c1-3-14-33(15-4-1)35-18-13-19-38(30-35)55-44-23-10-8-21-40(44)43-31-36(27-29-46(43)55)37-26-28-41-39-20-7-11-24-45(39)56(47(41)32-37)52-53-49(34-16-5-2-6-17-34)51-50(54-52)42-22-9-12-25-48(42)57-51/h2,5-14,16-32,49,52-54H,1,3-4,15H2. The van der Waals surface area contributed by atoms with E-state index in [0.29, 0.717) is 0 Å². The van der Waals surface area contributed by atoms with Crippen LogP contribution in [0.1, 0.15) is 54.9 Å². The second-order valence-corrected chi connectivity index (χ2v) is 15.6. The number of hydrogen-bond donors (Lipinski definition) is 2. The molecule has 2 aliphatic rings. The average molecular weight is 737 g/mol. The summed E-state index contributed by atoms with van der Waals surface area (Å²) >= 11 is 0. The van der Waals surface area contributed by atoms with E-state index in [1.807, 2.05) is 6.07 Å². The van der Waals surface area contributed by atoms with Gasteiger partial charge < -0.3 is 18.9 Å². The first-order chi connectivity index (χ1) is 28.3. The number of rotatable bonds is 5.